The highest BCUT2D eigenvalue weighted by atomic mass is 32.2. The molecule has 108 valence electrons. The highest BCUT2D eigenvalue weighted by Crippen LogP contribution is 2.10. The molecule has 0 aliphatic rings. The Bertz CT molecular complexity index is 474. The largest absolute Gasteiger partial charge is 0.494 e. The summed E-state index contributed by atoms with van der Waals surface area (Å²) in [5.74, 6) is 0.240. The number of halogens is 1. The van der Waals surface area contributed by atoms with Gasteiger partial charge in [-0.25, -0.2) is 9.11 Å². The Hall–Kier alpha value is -1.18. The average molecular weight is 290 g/mol. The predicted octanol–water partition coefficient (Wildman–Crippen LogP) is 1.43. The van der Waals surface area contributed by atoms with E-state index in [0.717, 1.165) is 0 Å². The van der Waals surface area contributed by atoms with E-state index in [1.807, 2.05) is 0 Å². The lowest BCUT2D eigenvalue weighted by Crippen LogP contribution is -2.40. The van der Waals surface area contributed by atoms with Gasteiger partial charge in [-0.2, -0.15) is 13.1 Å². The molecule has 7 heteroatoms. The first kappa shape index (κ1) is 15.9. The molecule has 0 aliphatic carbocycles. The van der Waals surface area contributed by atoms with Crippen molar-refractivity contribution in [1.29, 1.82) is 0 Å². The molecule has 2 N–H and O–H groups in total. The van der Waals surface area contributed by atoms with Crippen molar-refractivity contribution >= 4 is 10.2 Å². The zero-order chi connectivity index (χ0) is 14.3. The smallest absolute Gasteiger partial charge is 0.277 e. The van der Waals surface area contributed by atoms with Crippen molar-refractivity contribution < 1.29 is 17.5 Å². The number of hydrogen-bond donors (Lipinski definition) is 2. The van der Waals surface area contributed by atoms with Crippen molar-refractivity contribution in [3.8, 4) is 5.75 Å². The predicted molar refractivity (Wildman–Crippen MR) is 71.7 cm³/mol. The molecule has 0 saturated heterocycles. The van der Waals surface area contributed by atoms with E-state index >= 15 is 0 Å². The minimum absolute atomic E-state index is 0.145. The van der Waals surface area contributed by atoms with Crippen LogP contribution in [0.5, 0.6) is 5.75 Å². The van der Waals surface area contributed by atoms with Crippen molar-refractivity contribution in [2.45, 2.75) is 26.3 Å². The Labute approximate surface area is 113 Å². The molecule has 0 heterocycles. The van der Waals surface area contributed by atoms with Crippen LogP contribution in [0.2, 0.25) is 0 Å². The molecule has 0 saturated carbocycles. The summed E-state index contributed by atoms with van der Waals surface area (Å²) in [4.78, 5) is 0. The van der Waals surface area contributed by atoms with Crippen LogP contribution in [0.1, 0.15) is 20.3 Å². The third kappa shape index (κ3) is 7.09. The molecule has 19 heavy (non-hydrogen) atoms. The van der Waals surface area contributed by atoms with Crippen LogP contribution in [0.15, 0.2) is 24.3 Å². The normalized spacial score (nSPS) is 11.8. The molecule has 1 aromatic rings. The van der Waals surface area contributed by atoms with Crippen LogP contribution >= 0.6 is 0 Å². The summed E-state index contributed by atoms with van der Waals surface area (Å²) in [7, 11) is -3.44. The van der Waals surface area contributed by atoms with Gasteiger partial charge in [-0.1, -0.05) is 0 Å². The lowest BCUT2D eigenvalue weighted by atomic mass is 10.3. The second-order valence-corrected chi connectivity index (χ2v) is 5.86. The van der Waals surface area contributed by atoms with Crippen molar-refractivity contribution in [1.82, 2.24) is 9.44 Å². The van der Waals surface area contributed by atoms with Crippen LogP contribution in [-0.2, 0) is 10.2 Å². The molecule has 1 aromatic carbocycles. The standard InChI is InChI=1S/C12H19FN2O3S/c1-10(2)15-19(16,17)14-8-3-9-18-12-6-4-11(13)5-7-12/h4-7,10,14-15H,3,8-9H2,1-2H3. The Balaban J connectivity index is 2.19. The van der Waals surface area contributed by atoms with E-state index in [4.69, 9.17) is 4.74 Å². The van der Waals surface area contributed by atoms with Crippen LogP contribution in [0.4, 0.5) is 4.39 Å². The number of ether oxygens (including phenoxy) is 1. The Morgan fingerprint density at radius 3 is 2.47 bits per heavy atom. The monoisotopic (exact) mass is 290 g/mol. The fourth-order valence-electron chi connectivity index (χ4n) is 1.35. The van der Waals surface area contributed by atoms with Gasteiger partial charge in [0.1, 0.15) is 11.6 Å². The molecule has 1 rings (SSSR count). The summed E-state index contributed by atoms with van der Waals surface area (Å²) in [6.45, 7) is 4.13. The lowest BCUT2D eigenvalue weighted by molar-refractivity contribution is 0.311. The Morgan fingerprint density at radius 1 is 1.26 bits per heavy atom. The second-order valence-electron chi connectivity index (χ2n) is 4.33. The third-order valence-corrected chi connectivity index (χ3v) is 3.45. The quantitative estimate of drug-likeness (QED) is 0.712. The molecule has 0 fully saturated rings. The molecule has 0 aliphatic heterocycles. The van der Waals surface area contributed by atoms with Gasteiger partial charge in [0, 0.05) is 12.6 Å². The minimum atomic E-state index is -3.44. The summed E-state index contributed by atoms with van der Waals surface area (Å²) in [5.41, 5.74) is 0. The van der Waals surface area contributed by atoms with Gasteiger partial charge in [0.2, 0.25) is 0 Å². The summed E-state index contributed by atoms with van der Waals surface area (Å²) in [6.07, 6.45) is 0.524. The zero-order valence-electron chi connectivity index (χ0n) is 11.0. The lowest BCUT2D eigenvalue weighted by Gasteiger charge is -2.11. The van der Waals surface area contributed by atoms with Gasteiger partial charge >= 0.3 is 0 Å². The van der Waals surface area contributed by atoms with Gasteiger partial charge < -0.3 is 4.74 Å². The van der Waals surface area contributed by atoms with Crippen molar-refractivity contribution in [2.75, 3.05) is 13.2 Å². The molecule has 0 radical (unpaired) electrons. The van der Waals surface area contributed by atoms with E-state index in [9.17, 15) is 12.8 Å². The van der Waals surface area contributed by atoms with Crippen LogP contribution in [0.25, 0.3) is 0 Å². The fourth-order valence-corrected chi connectivity index (χ4v) is 2.47. The molecule has 0 aromatic heterocycles. The summed E-state index contributed by atoms with van der Waals surface area (Å²) in [6, 6.07) is 5.53. The molecular formula is C12H19FN2O3S. The van der Waals surface area contributed by atoms with Gasteiger partial charge in [0.15, 0.2) is 0 Å². The van der Waals surface area contributed by atoms with Gasteiger partial charge in [-0.15, -0.1) is 0 Å². The van der Waals surface area contributed by atoms with Crippen LogP contribution in [-0.4, -0.2) is 27.6 Å². The van der Waals surface area contributed by atoms with E-state index in [1.54, 1.807) is 13.8 Å². The SMILES string of the molecule is CC(C)NS(=O)(=O)NCCCOc1ccc(F)cc1. The van der Waals surface area contributed by atoms with Gasteiger partial charge in [0.25, 0.3) is 10.2 Å². The maximum absolute atomic E-state index is 12.6. The Kier molecular flexibility index (Phi) is 6.20. The van der Waals surface area contributed by atoms with Gasteiger partial charge in [0.05, 0.1) is 6.61 Å². The van der Waals surface area contributed by atoms with E-state index in [0.29, 0.717) is 18.8 Å². The molecule has 0 bridgehead atoms. The number of benzene rings is 1. The van der Waals surface area contributed by atoms with E-state index in [1.165, 1.54) is 24.3 Å². The zero-order valence-corrected chi connectivity index (χ0v) is 11.8. The van der Waals surface area contributed by atoms with Crippen molar-refractivity contribution in [2.24, 2.45) is 0 Å². The summed E-state index contributed by atoms with van der Waals surface area (Å²) in [5, 5.41) is 0. The first-order chi connectivity index (χ1) is 8.89. The van der Waals surface area contributed by atoms with Crippen LogP contribution < -0.4 is 14.2 Å². The number of hydrogen-bond acceptors (Lipinski definition) is 3. The molecule has 0 atom stereocenters. The first-order valence-corrected chi connectivity index (χ1v) is 7.52. The topological polar surface area (TPSA) is 67.4 Å². The fraction of sp³-hybridized carbons (Fsp3) is 0.500. The van der Waals surface area contributed by atoms with Crippen molar-refractivity contribution in [3.05, 3.63) is 30.1 Å². The maximum atomic E-state index is 12.6. The summed E-state index contributed by atoms with van der Waals surface area (Å²) < 4.78 is 45.6. The Morgan fingerprint density at radius 2 is 1.89 bits per heavy atom. The van der Waals surface area contributed by atoms with E-state index < -0.39 is 10.2 Å². The van der Waals surface area contributed by atoms with Crippen LogP contribution in [0, 0.1) is 5.82 Å². The second kappa shape index (κ2) is 7.42. The minimum Gasteiger partial charge on any atom is -0.494 e. The molecular weight excluding hydrogens is 271 g/mol. The highest BCUT2D eigenvalue weighted by molar-refractivity contribution is 7.87. The first-order valence-electron chi connectivity index (χ1n) is 6.04. The van der Waals surface area contributed by atoms with Gasteiger partial charge in [-0.05, 0) is 44.5 Å². The molecule has 0 amide bonds. The van der Waals surface area contributed by atoms with Gasteiger partial charge in [-0.3, -0.25) is 0 Å². The highest BCUT2D eigenvalue weighted by Gasteiger charge is 2.09. The van der Waals surface area contributed by atoms with E-state index in [-0.39, 0.29) is 18.4 Å². The molecule has 5 nitrogen and oxygen atoms in total. The van der Waals surface area contributed by atoms with Crippen molar-refractivity contribution in [3.63, 3.8) is 0 Å². The summed E-state index contributed by atoms with van der Waals surface area (Å²) >= 11 is 0. The maximum Gasteiger partial charge on any atom is 0.277 e. The number of rotatable bonds is 8. The average Bonchev–Trinajstić information content (AvgIpc) is 2.29. The molecule has 0 spiro atoms. The van der Waals surface area contributed by atoms with Crippen LogP contribution in [0.3, 0.4) is 0 Å². The van der Waals surface area contributed by atoms with E-state index in [2.05, 4.69) is 9.44 Å². The molecule has 0 unspecified atom stereocenters. The number of nitrogens with one attached hydrogen (secondary N) is 2. The third-order valence-electron chi connectivity index (χ3n) is 2.09.